The van der Waals surface area contributed by atoms with Crippen molar-refractivity contribution in [3.8, 4) is 5.75 Å². The summed E-state index contributed by atoms with van der Waals surface area (Å²) in [4.78, 5) is 4.99. The van der Waals surface area contributed by atoms with Crippen LogP contribution in [0.1, 0.15) is 11.4 Å². The number of anilines is 1. The number of hydrogen-bond acceptors (Lipinski definition) is 4. The molecule has 4 nitrogen and oxygen atoms in total. The lowest BCUT2D eigenvalue weighted by Crippen LogP contribution is -2.03. The molecule has 0 saturated carbocycles. The summed E-state index contributed by atoms with van der Waals surface area (Å²) in [5.74, 6) is 1.02. The van der Waals surface area contributed by atoms with E-state index < -0.39 is 10.8 Å². The minimum Gasteiger partial charge on any atom is -0.497 e. The van der Waals surface area contributed by atoms with Gasteiger partial charge < -0.3 is 10.5 Å². The third-order valence-corrected chi connectivity index (χ3v) is 4.61. The van der Waals surface area contributed by atoms with E-state index in [1.165, 1.54) is 0 Å². The first-order valence-corrected chi connectivity index (χ1v) is 8.05. The number of halogens is 1. The van der Waals surface area contributed by atoms with Crippen LogP contribution in [-0.2, 0) is 16.6 Å². The van der Waals surface area contributed by atoms with Crippen LogP contribution < -0.4 is 10.5 Å². The first-order valence-electron chi connectivity index (χ1n) is 5.94. The van der Waals surface area contributed by atoms with Gasteiger partial charge in [0.1, 0.15) is 5.75 Å². The number of rotatable bonds is 4. The molecule has 0 amide bonds. The lowest BCUT2D eigenvalue weighted by atomic mass is 10.3. The summed E-state index contributed by atoms with van der Waals surface area (Å²) in [5, 5.41) is 0. The van der Waals surface area contributed by atoms with Crippen molar-refractivity contribution >= 4 is 32.4 Å². The summed E-state index contributed by atoms with van der Waals surface area (Å²) >= 11 is 3.36. The molecule has 0 aliphatic rings. The highest BCUT2D eigenvalue weighted by Gasteiger charge is 2.11. The molecule has 1 heterocycles. The molecular formula is C14H15BrN2O2S. The highest BCUT2D eigenvalue weighted by molar-refractivity contribution is 9.10. The maximum atomic E-state index is 12.4. The number of benzene rings is 1. The number of nitrogens with two attached hydrogens (primary N) is 1. The first kappa shape index (κ1) is 15.0. The predicted molar refractivity (Wildman–Crippen MR) is 84.2 cm³/mol. The molecule has 1 aromatic heterocycles. The summed E-state index contributed by atoms with van der Waals surface area (Å²) in [7, 11) is 0.351. The second-order valence-corrected chi connectivity index (χ2v) is 6.65. The highest BCUT2D eigenvalue weighted by atomic mass is 79.9. The molecule has 1 unspecified atom stereocenters. The lowest BCUT2D eigenvalue weighted by Gasteiger charge is -2.08. The Hall–Kier alpha value is -1.40. The fourth-order valence-electron chi connectivity index (χ4n) is 1.81. The average Bonchev–Trinajstić information content (AvgIpc) is 2.40. The smallest absolute Gasteiger partial charge is 0.122 e. The van der Waals surface area contributed by atoms with E-state index >= 15 is 0 Å². The fourth-order valence-corrected chi connectivity index (χ4v) is 3.49. The maximum absolute atomic E-state index is 12.4. The molecule has 0 aliphatic heterocycles. The van der Waals surface area contributed by atoms with E-state index in [1.54, 1.807) is 25.3 Å². The van der Waals surface area contributed by atoms with Crippen LogP contribution in [0.4, 0.5) is 5.69 Å². The van der Waals surface area contributed by atoms with Gasteiger partial charge in [-0.2, -0.15) is 0 Å². The van der Waals surface area contributed by atoms with Crippen molar-refractivity contribution in [1.29, 1.82) is 0 Å². The van der Waals surface area contributed by atoms with Gasteiger partial charge in [-0.15, -0.1) is 0 Å². The quantitative estimate of drug-likeness (QED) is 0.857. The van der Waals surface area contributed by atoms with Gasteiger partial charge in [0.25, 0.3) is 0 Å². The van der Waals surface area contributed by atoms with Crippen LogP contribution in [0.5, 0.6) is 5.75 Å². The normalized spacial score (nSPS) is 12.2. The Labute approximate surface area is 128 Å². The Morgan fingerprint density at radius 1 is 1.35 bits per heavy atom. The Morgan fingerprint density at radius 3 is 2.80 bits per heavy atom. The van der Waals surface area contributed by atoms with Gasteiger partial charge in [-0.1, -0.05) is 15.9 Å². The molecule has 6 heteroatoms. The number of methoxy groups -OCH3 is 1. The zero-order valence-corrected chi connectivity index (χ0v) is 13.6. The lowest BCUT2D eigenvalue weighted by molar-refractivity contribution is 0.413. The van der Waals surface area contributed by atoms with Crippen molar-refractivity contribution in [3.63, 3.8) is 0 Å². The Kier molecular flexibility index (Phi) is 4.77. The number of pyridine rings is 1. The fraction of sp³-hybridized carbons (Fsp3) is 0.214. The first-order chi connectivity index (χ1) is 9.49. The van der Waals surface area contributed by atoms with Gasteiger partial charge in [0, 0.05) is 28.0 Å². The molecule has 106 valence electrons. The summed E-state index contributed by atoms with van der Waals surface area (Å²) in [6.45, 7) is 1.88. The van der Waals surface area contributed by atoms with E-state index in [0.29, 0.717) is 22.1 Å². The molecule has 1 atom stereocenters. The van der Waals surface area contributed by atoms with Crippen molar-refractivity contribution in [3.05, 3.63) is 46.2 Å². The van der Waals surface area contributed by atoms with E-state index in [2.05, 4.69) is 20.9 Å². The van der Waals surface area contributed by atoms with E-state index in [-0.39, 0.29) is 0 Å². The Balaban J connectivity index is 2.27. The van der Waals surface area contributed by atoms with Crippen LogP contribution in [0.3, 0.4) is 0 Å². The topological polar surface area (TPSA) is 65.2 Å². The zero-order valence-electron chi connectivity index (χ0n) is 11.2. The summed E-state index contributed by atoms with van der Waals surface area (Å²) in [5.41, 5.74) is 7.94. The second kappa shape index (κ2) is 6.37. The van der Waals surface area contributed by atoms with Crippen LogP contribution in [0.2, 0.25) is 0 Å². The van der Waals surface area contributed by atoms with E-state index in [4.69, 9.17) is 10.5 Å². The summed E-state index contributed by atoms with van der Waals surface area (Å²) in [6, 6.07) is 8.96. The minimum atomic E-state index is -1.25. The predicted octanol–water partition coefficient (Wildman–Crippen LogP) is 3.05. The summed E-state index contributed by atoms with van der Waals surface area (Å²) < 4.78 is 18.5. The monoisotopic (exact) mass is 354 g/mol. The van der Waals surface area contributed by atoms with Gasteiger partial charge >= 0.3 is 0 Å². The van der Waals surface area contributed by atoms with Gasteiger partial charge in [-0.05, 0) is 25.1 Å². The molecule has 1 aromatic carbocycles. The van der Waals surface area contributed by atoms with Crippen LogP contribution in [0, 0.1) is 6.92 Å². The van der Waals surface area contributed by atoms with Crippen LogP contribution in [-0.4, -0.2) is 16.3 Å². The third kappa shape index (κ3) is 3.58. The molecule has 0 saturated heterocycles. The average molecular weight is 355 g/mol. The number of aromatic nitrogens is 1. The van der Waals surface area contributed by atoms with Crippen molar-refractivity contribution in [2.24, 2.45) is 0 Å². The van der Waals surface area contributed by atoms with Crippen LogP contribution in [0.25, 0.3) is 0 Å². The highest BCUT2D eigenvalue weighted by Crippen LogP contribution is 2.24. The molecule has 0 aliphatic carbocycles. The van der Waals surface area contributed by atoms with Gasteiger partial charge in [0.15, 0.2) is 0 Å². The van der Waals surface area contributed by atoms with Crippen LogP contribution in [0.15, 0.2) is 39.7 Å². The number of aryl methyl sites for hydroxylation is 1. The van der Waals surface area contributed by atoms with Gasteiger partial charge in [-0.3, -0.25) is 9.19 Å². The number of nitrogens with zero attached hydrogens (tertiary/aromatic N) is 1. The second-order valence-electron chi connectivity index (χ2n) is 4.31. The Bertz CT molecular complexity index is 662. The molecule has 2 aromatic rings. The largest absolute Gasteiger partial charge is 0.497 e. The molecule has 0 spiro atoms. The molecule has 20 heavy (non-hydrogen) atoms. The SMILES string of the molecule is COc1cc(C)nc(CS(=O)c2cc(Br)ccc2N)c1. The van der Waals surface area contributed by atoms with Crippen molar-refractivity contribution < 1.29 is 8.95 Å². The van der Waals surface area contributed by atoms with Crippen molar-refractivity contribution in [1.82, 2.24) is 4.98 Å². The third-order valence-electron chi connectivity index (χ3n) is 2.72. The zero-order chi connectivity index (χ0) is 14.7. The minimum absolute atomic E-state index is 0.304. The molecule has 0 bridgehead atoms. The van der Waals surface area contributed by atoms with E-state index in [0.717, 1.165) is 15.9 Å². The molecular weight excluding hydrogens is 340 g/mol. The van der Waals surface area contributed by atoms with Crippen molar-refractivity contribution in [2.45, 2.75) is 17.6 Å². The maximum Gasteiger partial charge on any atom is 0.122 e. The van der Waals surface area contributed by atoms with Gasteiger partial charge in [0.2, 0.25) is 0 Å². The van der Waals surface area contributed by atoms with Crippen molar-refractivity contribution in [2.75, 3.05) is 12.8 Å². The molecule has 0 radical (unpaired) electrons. The summed E-state index contributed by atoms with van der Waals surface area (Å²) in [6.07, 6.45) is 0. The van der Waals surface area contributed by atoms with E-state index in [9.17, 15) is 4.21 Å². The van der Waals surface area contributed by atoms with E-state index in [1.807, 2.05) is 19.1 Å². The number of hydrogen-bond donors (Lipinski definition) is 1. The Morgan fingerprint density at radius 2 is 2.10 bits per heavy atom. The van der Waals surface area contributed by atoms with Gasteiger partial charge in [0.05, 0.1) is 34.3 Å². The molecule has 2 N–H and O–H groups in total. The molecule has 0 fully saturated rings. The molecule has 2 rings (SSSR count). The van der Waals surface area contributed by atoms with Crippen LogP contribution >= 0.6 is 15.9 Å². The van der Waals surface area contributed by atoms with Gasteiger partial charge in [-0.25, -0.2) is 0 Å². The number of nitrogen functional groups attached to an aromatic ring is 1. The standard InChI is InChI=1S/C14H15BrN2O2S/c1-9-5-12(19-2)7-11(17-9)8-20(18)14-6-10(15)3-4-13(14)16/h3-7H,8,16H2,1-2H3. The number of ether oxygens (including phenoxy) is 1.